The Morgan fingerprint density at radius 3 is 1.50 bits per heavy atom. The molecule has 1 fully saturated rings. The molecule has 4 aliphatic rings. The van der Waals surface area contributed by atoms with Crippen LogP contribution in [0.5, 0.6) is 69.0 Å². The van der Waals surface area contributed by atoms with Crippen molar-refractivity contribution in [3.05, 3.63) is 81.9 Å². The van der Waals surface area contributed by atoms with Gasteiger partial charge in [-0.05, 0) is 48.5 Å². The smallest absolute Gasteiger partial charge is 0.340 e. The summed E-state index contributed by atoms with van der Waals surface area (Å²) in [6.45, 7) is -1.30. The number of phenolic OH excluding ortho intramolecular Hbond substituents is 11. The van der Waals surface area contributed by atoms with Gasteiger partial charge in [-0.3, -0.25) is 4.79 Å². The molecule has 1 saturated heterocycles. The second-order valence-electron chi connectivity index (χ2n) is 15.1. The quantitative estimate of drug-likeness (QED) is 0.0473. The van der Waals surface area contributed by atoms with Gasteiger partial charge in [-0.1, -0.05) is 0 Å². The molecule has 14 N–H and O–H groups in total. The van der Waals surface area contributed by atoms with Crippen LogP contribution in [0.1, 0.15) is 52.9 Å². The van der Waals surface area contributed by atoms with E-state index in [0.29, 0.717) is 48.5 Å². The largest absolute Gasteiger partial charge is 0.504 e. The van der Waals surface area contributed by atoms with E-state index in [0.717, 1.165) is 0 Å². The Hall–Kier alpha value is -8.92. The van der Waals surface area contributed by atoms with Crippen molar-refractivity contribution in [2.75, 3.05) is 6.61 Å². The van der Waals surface area contributed by atoms with Crippen LogP contribution >= 0.6 is 0 Å². The Labute approximate surface area is 374 Å². The highest BCUT2D eigenvalue weighted by molar-refractivity contribution is 6.08. The van der Waals surface area contributed by atoms with E-state index in [2.05, 4.69) is 0 Å². The molecule has 27 nitrogen and oxygen atoms in total. The molecule has 4 aromatic carbocycles. The third-order valence-electron chi connectivity index (χ3n) is 10.9. The fraction of sp³-hybridized carbons (Fsp3) is 0.220. The molecule has 7 atom stereocenters. The van der Waals surface area contributed by atoms with Gasteiger partial charge in [0.05, 0.1) is 33.7 Å². The second-order valence-corrected chi connectivity index (χ2v) is 15.1. The van der Waals surface area contributed by atoms with E-state index in [-0.39, 0.29) is 0 Å². The summed E-state index contributed by atoms with van der Waals surface area (Å²) in [7, 11) is 0. The zero-order chi connectivity index (χ0) is 49.6. The van der Waals surface area contributed by atoms with E-state index in [1.165, 1.54) is 0 Å². The first-order valence-corrected chi connectivity index (χ1v) is 19.0. The third kappa shape index (κ3) is 7.18. The Balaban J connectivity index is 1.32. The summed E-state index contributed by atoms with van der Waals surface area (Å²) >= 11 is 0. The number of carbonyl (C=O) groups is 6. The van der Waals surface area contributed by atoms with E-state index in [1.54, 1.807) is 0 Å². The molecule has 27 heteroatoms. The number of aromatic hydroxyl groups is 11. The van der Waals surface area contributed by atoms with Crippen LogP contribution < -0.4 is 4.74 Å². The molecule has 2 bridgehead atoms. The molecule has 3 aliphatic heterocycles. The number of phenols is 11. The van der Waals surface area contributed by atoms with Crippen LogP contribution in [0.25, 0.3) is 0 Å². The highest BCUT2D eigenvalue weighted by Gasteiger charge is 2.70. The highest BCUT2D eigenvalue weighted by atomic mass is 16.7. The summed E-state index contributed by atoms with van der Waals surface area (Å²) in [6.07, 6.45) is -12.0. The minimum absolute atomic E-state index is 0.325. The number of cyclic esters (lactones) is 1. The van der Waals surface area contributed by atoms with Gasteiger partial charge >= 0.3 is 35.6 Å². The monoisotopic (exact) mass is 954 g/mol. The SMILES string of the molecule is O=C1OC[C@@H]2O[C@@H](OC(=O)c3cc(O)c(O)c(O)c3)[C@@H](OC(=O)c3cc(O)c(O)c(O)c3)[C@H](OC(=O)c3cc(O)c(O)c(O)c3)[C@H]2OC(=O)c2cc(O)c(O)c3c2[C@@H]2C1=CC(=O)[C@](O)(O3)C2(O)O. The molecule has 0 unspecified atom stereocenters. The van der Waals surface area contributed by atoms with Gasteiger partial charge in [0.25, 0.3) is 5.79 Å². The van der Waals surface area contributed by atoms with Gasteiger partial charge in [0.1, 0.15) is 12.7 Å². The second kappa shape index (κ2) is 15.9. The lowest BCUT2D eigenvalue weighted by Crippen LogP contribution is -2.70. The lowest BCUT2D eigenvalue weighted by atomic mass is 9.70. The lowest BCUT2D eigenvalue weighted by Gasteiger charge is -2.49. The molecule has 0 aromatic heterocycles. The fourth-order valence-corrected chi connectivity index (χ4v) is 7.59. The van der Waals surface area contributed by atoms with Gasteiger partial charge in [0, 0.05) is 5.56 Å². The maximum atomic E-state index is 14.5. The van der Waals surface area contributed by atoms with E-state index < -0.39 is 193 Å². The standard InChI is InChI=1S/C41H30O27/c42-15-1-10(2-16(43)26(15)50)34(54)65-32-30-22(9-62-37(57)14-8-23(49)41(61)40(59,60)25(14)24-13(38(58)64-30)7-21(48)29(53)31(24)68-41)63-39(67-36(56)12-5-19(46)28(52)20(47)6-12)33(32)66-35(55)11-3-17(44)27(51)18(45)4-11/h1-8,22,25,30,32-33,39,42-48,50-53,59-61H,9H2/t22-,25-,30-,32+,33-,39-,41-/m0/s1. The molecule has 0 spiro atoms. The molecule has 68 heavy (non-hydrogen) atoms. The number of carbonyl (C=O) groups excluding carboxylic acids is 6. The Bertz CT molecular complexity index is 2870. The van der Waals surface area contributed by atoms with Gasteiger partial charge in [0.15, 0.2) is 75.5 Å². The number of benzene rings is 4. The topological polar surface area (TPSA) is 450 Å². The molecule has 0 radical (unpaired) electrons. The molecule has 4 aromatic rings. The molecular weight excluding hydrogens is 924 g/mol. The summed E-state index contributed by atoms with van der Waals surface area (Å²) in [4.78, 5) is 83.2. The van der Waals surface area contributed by atoms with Gasteiger partial charge in [-0.25, -0.2) is 24.0 Å². The zero-order valence-electron chi connectivity index (χ0n) is 33.4. The summed E-state index contributed by atoms with van der Waals surface area (Å²) < 4.78 is 38.6. The van der Waals surface area contributed by atoms with E-state index in [1.807, 2.05) is 0 Å². The number of hydrogen-bond acceptors (Lipinski definition) is 27. The van der Waals surface area contributed by atoms with Gasteiger partial charge in [0.2, 0.25) is 23.9 Å². The molecular formula is C41H30O27. The van der Waals surface area contributed by atoms with Crippen molar-refractivity contribution in [2.24, 2.45) is 0 Å². The highest BCUT2D eigenvalue weighted by Crippen LogP contribution is 2.58. The molecule has 1 aliphatic carbocycles. The first-order valence-electron chi connectivity index (χ1n) is 19.0. The van der Waals surface area contributed by atoms with Crippen molar-refractivity contribution in [3.8, 4) is 69.0 Å². The third-order valence-corrected chi connectivity index (χ3v) is 10.9. The number of fused-ring (bicyclic) bond motifs is 2. The Morgan fingerprint density at radius 1 is 0.574 bits per heavy atom. The minimum atomic E-state index is -3.90. The molecule has 0 amide bonds. The normalized spacial score (nSPS) is 24.6. The van der Waals surface area contributed by atoms with Crippen LogP contribution in [-0.4, -0.2) is 156 Å². The lowest BCUT2D eigenvalue weighted by molar-refractivity contribution is -0.339. The molecule has 0 saturated carbocycles. The molecule has 3 heterocycles. The number of esters is 5. The maximum absolute atomic E-state index is 14.5. The van der Waals surface area contributed by atoms with Gasteiger partial charge in [-0.15, -0.1) is 0 Å². The number of aliphatic hydroxyl groups is 3. The van der Waals surface area contributed by atoms with Crippen LogP contribution in [-0.2, 0) is 38.0 Å². The number of rotatable bonds is 6. The van der Waals surface area contributed by atoms with Crippen LogP contribution in [0.3, 0.4) is 0 Å². The average molecular weight is 955 g/mol. The first-order chi connectivity index (χ1) is 31.8. The fourth-order valence-electron chi connectivity index (χ4n) is 7.59. The van der Waals surface area contributed by atoms with E-state index in [4.69, 9.17) is 33.2 Å². The predicted octanol–water partition coefficient (Wildman–Crippen LogP) is -1.08. The van der Waals surface area contributed by atoms with Crippen molar-refractivity contribution in [1.29, 1.82) is 0 Å². The number of ketones is 1. The van der Waals surface area contributed by atoms with Crippen LogP contribution in [0.4, 0.5) is 0 Å². The maximum Gasteiger partial charge on any atom is 0.340 e. The summed E-state index contributed by atoms with van der Waals surface area (Å²) in [6, 6.07) is 3.66. The zero-order valence-corrected chi connectivity index (χ0v) is 33.4. The van der Waals surface area contributed by atoms with E-state index >= 15 is 0 Å². The predicted molar refractivity (Wildman–Crippen MR) is 205 cm³/mol. The summed E-state index contributed by atoms with van der Waals surface area (Å²) in [5, 5.41) is 146. The molecule has 8 rings (SSSR count). The van der Waals surface area contributed by atoms with Crippen LogP contribution in [0, 0.1) is 0 Å². The molecule has 356 valence electrons. The average Bonchev–Trinajstić information content (AvgIpc) is 3.28. The summed E-state index contributed by atoms with van der Waals surface area (Å²) in [5.41, 5.74) is -5.52. The number of ether oxygens (including phenoxy) is 7. The minimum Gasteiger partial charge on any atom is -0.504 e. The van der Waals surface area contributed by atoms with Crippen molar-refractivity contribution in [3.63, 3.8) is 0 Å². The van der Waals surface area contributed by atoms with Crippen LogP contribution in [0.2, 0.25) is 0 Å². The van der Waals surface area contributed by atoms with E-state index in [9.17, 15) is 100 Å². The Morgan fingerprint density at radius 2 is 1.01 bits per heavy atom. The van der Waals surface area contributed by atoms with Crippen molar-refractivity contribution >= 4 is 35.6 Å². The first kappa shape index (κ1) is 45.6. The van der Waals surface area contributed by atoms with Crippen molar-refractivity contribution in [2.45, 2.75) is 48.2 Å². The Kier molecular flexibility index (Phi) is 10.7. The van der Waals surface area contributed by atoms with Crippen molar-refractivity contribution in [1.82, 2.24) is 0 Å². The van der Waals surface area contributed by atoms with Gasteiger partial charge in [-0.2, -0.15) is 0 Å². The summed E-state index contributed by atoms with van der Waals surface area (Å²) in [5.74, 6) is -34.2. The van der Waals surface area contributed by atoms with Crippen molar-refractivity contribution < 1.29 is 133 Å². The van der Waals surface area contributed by atoms with Crippen LogP contribution in [0.15, 0.2) is 54.1 Å². The number of hydrogen-bond donors (Lipinski definition) is 14. The van der Waals surface area contributed by atoms with Gasteiger partial charge < -0.3 is 105 Å².